The van der Waals surface area contributed by atoms with E-state index in [1.165, 1.54) is 12.8 Å². The largest absolute Gasteiger partial charge is 0.492 e. The molecule has 1 fully saturated rings. The van der Waals surface area contributed by atoms with Crippen molar-refractivity contribution in [3.8, 4) is 11.8 Å². The molecule has 0 bridgehead atoms. The number of nitrogens with one attached hydrogen (secondary N) is 1. The predicted molar refractivity (Wildman–Crippen MR) is 117 cm³/mol. The van der Waals surface area contributed by atoms with Crippen molar-refractivity contribution in [1.29, 1.82) is 5.26 Å². The summed E-state index contributed by atoms with van der Waals surface area (Å²) >= 11 is 0. The molecule has 1 heterocycles. The third-order valence-corrected chi connectivity index (χ3v) is 5.13. The van der Waals surface area contributed by atoms with Gasteiger partial charge in [-0.1, -0.05) is 6.07 Å². The molecule has 6 nitrogen and oxygen atoms in total. The average Bonchev–Trinajstić information content (AvgIpc) is 3.25. The number of hydrogen-bond acceptors (Lipinski definition) is 6. The first kappa shape index (κ1) is 21.7. The standard InChI is InChI=1S/C24H29N3O3/c1-3-29-24(28)23(26-21-8-6-19(17-25)7-9-21)20-14-18(2)15-22(16-20)30-13-12-27-10-4-5-11-27/h6-9,14-16,23,26H,3-5,10-13H2,1-2H3. The van der Waals surface area contributed by atoms with Crippen LogP contribution in [0.2, 0.25) is 0 Å². The van der Waals surface area contributed by atoms with Crippen molar-refractivity contribution in [2.24, 2.45) is 0 Å². The molecule has 0 spiro atoms. The molecule has 30 heavy (non-hydrogen) atoms. The number of likely N-dealkylation sites (tertiary alicyclic amines) is 1. The van der Waals surface area contributed by atoms with Crippen LogP contribution in [0.5, 0.6) is 5.75 Å². The van der Waals surface area contributed by atoms with E-state index in [2.05, 4.69) is 16.3 Å². The van der Waals surface area contributed by atoms with Gasteiger partial charge >= 0.3 is 5.97 Å². The molecular weight excluding hydrogens is 378 g/mol. The van der Waals surface area contributed by atoms with Gasteiger partial charge in [0.05, 0.1) is 18.2 Å². The Balaban J connectivity index is 1.76. The molecule has 2 aromatic carbocycles. The van der Waals surface area contributed by atoms with E-state index < -0.39 is 6.04 Å². The van der Waals surface area contributed by atoms with Crippen LogP contribution in [0, 0.1) is 18.3 Å². The van der Waals surface area contributed by atoms with Crippen LogP contribution in [0.3, 0.4) is 0 Å². The topological polar surface area (TPSA) is 74.6 Å². The first-order valence-electron chi connectivity index (χ1n) is 10.5. The van der Waals surface area contributed by atoms with E-state index in [1.54, 1.807) is 31.2 Å². The second-order valence-electron chi connectivity index (χ2n) is 7.50. The van der Waals surface area contributed by atoms with Crippen molar-refractivity contribution in [1.82, 2.24) is 4.90 Å². The van der Waals surface area contributed by atoms with Crippen LogP contribution >= 0.6 is 0 Å². The van der Waals surface area contributed by atoms with Gasteiger partial charge in [-0.2, -0.15) is 5.26 Å². The lowest BCUT2D eigenvalue weighted by Crippen LogP contribution is -2.25. The number of ether oxygens (including phenoxy) is 2. The van der Waals surface area contributed by atoms with Crippen molar-refractivity contribution >= 4 is 11.7 Å². The number of anilines is 1. The van der Waals surface area contributed by atoms with Crippen molar-refractivity contribution in [3.63, 3.8) is 0 Å². The van der Waals surface area contributed by atoms with E-state index in [0.717, 1.165) is 42.2 Å². The highest BCUT2D eigenvalue weighted by Crippen LogP contribution is 2.26. The zero-order valence-electron chi connectivity index (χ0n) is 17.7. The molecule has 0 aliphatic carbocycles. The van der Waals surface area contributed by atoms with Crippen LogP contribution in [0.4, 0.5) is 5.69 Å². The first-order valence-corrected chi connectivity index (χ1v) is 10.5. The van der Waals surface area contributed by atoms with E-state index >= 15 is 0 Å². The number of rotatable bonds is 9. The van der Waals surface area contributed by atoms with Gasteiger partial charge in [0.2, 0.25) is 0 Å². The molecule has 1 aliphatic rings. The summed E-state index contributed by atoms with van der Waals surface area (Å²) in [5.74, 6) is 0.399. The molecule has 3 rings (SSSR count). The molecule has 1 N–H and O–H groups in total. The Morgan fingerprint density at radius 1 is 1.20 bits per heavy atom. The fourth-order valence-electron chi connectivity index (χ4n) is 3.64. The van der Waals surface area contributed by atoms with Crippen LogP contribution < -0.4 is 10.1 Å². The Kier molecular flexibility index (Phi) is 7.69. The maximum absolute atomic E-state index is 12.7. The molecule has 2 aromatic rings. The molecule has 0 amide bonds. The van der Waals surface area contributed by atoms with E-state index in [-0.39, 0.29) is 5.97 Å². The normalized spacial score (nSPS) is 14.7. The number of benzene rings is 2. The summed E-state index contributed by atoms with van der Waals surface area (Å²) in [5, 5.41) is 12.2. The highest BCUT2D eigenvalue weighted by Gasteiger charge is 2.23. The van der Waals surface area contributed by atoms with Gasteiger partial charge in [-0.25, -0.2) is 4.79 Å². The third kappa shape index (κ3) is 5.98. The quantitative estimate of drug-likeness (QED) is 0.632. The molecule has 6 heteroatoms. The summed E-state index contributed by atoms with van der Waals surface area (Å²) in [4.78, 5) is 15.1. The van der Waals surface area contributed by atoms with E-state index in [4.69, 9.17) is 14.7 Å². The van der Waals surface area contributed by atoms with Gasteiger partial charge in [0, 0.05) is 12.2 Å². The summed E-state index contributed by atoms with van der Waals surface area (Å²) < 4.78 is 11.3. The Morgan fingerprint density at radius 2 is 1.93 bits per heavy atom. The first-order chi connectivity index (χ1) is 14.6. The van der Waals surface area contributed by atoms with Crippen LogP contribution in [-0.4, -0.2) is 43.7 Å². The van der Waals surface area contributed by atoms with Gasteiger partial charge in [0.1, 0.15) is 12.4 Å². The van der Waals surface area contributed by atoms with E-state index in [9.17, 15) is 4.79 Å². The highest BCUT2D eigenvalue weighted by molar-refractivity contribution is 5.81. The van der Waals surface area contributed by atoms with Gasteiger partial charge in [-0.15, -0.1) is 0 Å². The Labute approximate surface area is 178 Å². The van der Waals surface area contributed by atoms with Gasteiger partial charge < -0.3 is 14.8 Å². The lowest BCUT2D eigenvalue weighted by Gasteiger charge is -2.21. The van der Waals surface area contributed by atoms with Gasteiger partial charge in [-0.05, 0) is 87.3 Å². The Morgan fingerprint density at radius 3 is 2.60 bits per heavy atom. The molecule has 1 atom stereocenters. The fraction of sp³-hybridized carbons (Fsp3) is 0.417. The number of nitrogens with zero attached hydrogens (tertiary/aromatic N) is 2. The minimum absolute atomic E-state index is 0.301. The predicted octanol–water partition coefficient (Wildman–Crippen LogP) is 4.06. The monoisotopic (exact) mass is 407 g/mol. The summed E-state index contributed by atoms with van der Waals surface area (Å²) in [7, 11) is 0. The highest BCUT2D eigenvalue weighted by atomic mass is 16.5. The molecule has 1 aliphatic heterocycles. The fourth-order valence-corrected chi connectivity index (χ4v) is 3.64. The van der Waals surface area contributed by atoms with Crippen molar-refractivity contribution in [2.75, 3.05) is 38.2 Å². The zero-order chi connectivity index (χ0) is 21.3. The van der Waals surface area contributed by atoms with E-state index in [0.29, 0.717) is 18.8 Å². The van der Waals surface area contributed by atoms with Gasteiger partial charge in [-0.3, -0.25) is 4.90 Å². The SMILES string of the molecule is CCOC(=O)C(Nc1ccc(C#N)cc1)c1cc(C)cc(OCCN2CCCC2)c1. The summed E-state index contributed by atoms with van der Waals surface area (Å²) in [6, 6.07) is 14.3. The second-order valence-corrected chi connectivity index (χ2v) is 7.50. The molecule has 0 saturated carbocycles. The summed E-state index contributed by atoms with van der Waals surface area (Å²) in [6.07, 6.45) is 2.52. The number of hydrogen-bond donors (Lipinski definition) is 1. The summed E-state index contributed by atoms with van der Waals surface area (Å²) in [6.45, 7) is 7.89. The number of carbonyl (C=O) groups is 1. The minimum atomic E-state index is -0.668. The Bertz CT molecular complexity index is 884. The van der Waals surface area contributed by atoms with Crippen LogP contribution in [-0.2, 0) is 9.53 Å². The van der Waals surface area contributed by atoms with Gasteiger partial charge in [0.15, 0.2) is 6.04 Å². The smallest absolute Gasteiger partial charge is 0.333 e. The number of esters is 1. The van der Waals surface area contributed by atoms with Crippen LogP contribution in [0.15, 0.2) is 42.5 Å². The third-order valence-electron chi connectivity index (χ3n) is 5.13. The molecular formula is C24H29N3O3. The minimum Gasteiger partial charge on any atom is -0.492 e. The lowest BCUT2D eigenvalue weighted by molar-refractivity contribution is -0.144. The number of aryl methyl sites for hydroxylation is 1. The van der Waals surface area contributed by atoms with Crippen LogP contribution in [0.25, 0.3) is 0 Å². The molecule has 0 aromatic heterocycles. The van der Waals surface area contributed by atoms with Crippen LogP contribution in [0.1, 0.15) is 42.5 Å². The van der Waals surface area contributed by atoms with Crippen molar-refractivity contribution in [2.45, 2.75) is 32.7 Å². The average molecular weight is 408 g/mol. The number of carbonyl (C=O) groups excluding carboxylic acids is 1. The molecule has 1 saturated heterocycles. The van der Waals surface area contributed by atoms with Crippen molar-refractivity contribution in [3.05, 3.63) is 59.2 Å². The van der Waals surface area contributed by atoms with Gasteiger partial charge in [0.25, 0.3) is 0 Å². The van der Waals surface area contributed by atoms with Crippen molar-refractivity contribution < 1.29 is 14.3 Å². The molecule has 0 radical (unpaired) electrons. The van der Waals surface area contributed by atoms with E-state index in [1.807, 2.05) is 25.1 Å². The maximum atomic E-state index is 12.7. The maximum Gasteiger partial charge on any atom is 0.333 e. The molecule has 1 unspecified atom stereocenters. The number of nitriles is 1. The zero-order valence-corrected chi connectivity index (χ0v) is 17.7. The molecule has 158 valence electrons. The second kappa shape index (κ2) is 10.7. The lowest BCUT2D eigenvalue weighted by atomic mass is 10.0. The Hall–Kier alpha value is -3.04. The summed E-state index contributed by atoms with van der Waals surface area (Å²) in [5.41, 5.74) is 3.11.